The molecular weight excluding hydrogens is 1030 g/mol. The SMILES string of the molecule is COc1cc(Nc2ncc3c(n2)-c2ccc(Cl)cc2C(c2c(F)cccc2OC)=NC3)ccc1C(=O)NCCOCCOCCC(=O)NC(C(=O)N1CC(O)CC1C(=O)NCc1ccc(-c2scnc2C)cc1)C(C)(C)C. The average Bonchev–Trinajstić information content (AvgIpc) is 4.07. The van der Waals surface area contributed by atoms with Gasteiger partial charge in [-0.1, -0.05) is 68.8 Å². The fourth-order valence-corrected chi connectivity index (χ4v) is 10.0. The van der Waals surface area contributed by atoms with Gasteiger partial charge in [0.1, 0.15) is 29.4 Å². The van der Waals surface area contributed by atoms with Crippen molar-refractivity contribution >= 4 is 63.9 Å². The third-order valence-electron chi connectivity index (χ3n) is 13.0. The number of hydrogen-bond acceptors (Lipinski definition) is 15. The highest BCUT2D eigenvalue weighted by Gasteiger charge is 2.44. The van der Waals surface area contributed by atoms with Gasteiger partial charge >= 0.3 is 0 Å². The first-order chi connectivity index (χ1) is 37.0. The lowest BCUT2D eigenvalue weighted by atomic mass is 9.85. The number of rotatable bonds is 21. The van der Waals surface area contributed by atoms with Gasteiger partial charge in [-0.05, 0) is 59.9 Å². The monoisotopic (exact) mass is 1090 g/mol. The number of ether oxygens (including phenoxy) is 4. The summed E-state index contributed by atoms with van der Waals surface area (Å²) in [7, 11) is 2.93. The van der Waals surface area contributed by atoms with Crippen molar-refractivity contribution < 1.29 is 47.6 Å². The van der Waals surface area contributed by atoms with E-state index in [1.165, 1.54) is 25.2 Å². The van der Waals surface area contributed by atoms with E-state index in [1.54, 1.807) is 65.5 Å². The molecule has 0 saturated carbocycles. The largest absolute Gasteiger partial charge is 0.496 e. The molecule has 2 aliphatic rings. The van der Waals surface area contributed by atoms with Crippen LogP contribution in [0.4, 0.5) is 16.0 Å². The van der Waals surface area contributed by atoms with Gasteiger partial charge < -0.3 is 50.2 Å². The maximum absolute atomic E-state index is 15.4. The number of fused-ring (bicyclic) bond motifs is 3. The first kappa shape index (κ1) is 55.9. The number of aliphatic hydroxyl groups is 1. The fraction of sp³-hybridized carbons (Fsp3) is 0.357. The van der Waals surface area contributed by atoms with Gasteiger partial charge in [0.25, 0.3) is 5.91 Å². The standard InChI is InChI=1S/C56H61ClFN9O9S/c1-32-50(77-31-63-32)34-12-10-33(11-13-34)27-61-53(71)43-26-38(68)30-67(43)54(72)51(56(2,3)4)65-46(69)18-20-75-22-23-76-21-19-59-52(70)40-17-15-37(25-45(40)74-6)64-55-62-29-35-28-60-49(47-42(58)8-7-9-44(47)73-5)41-24-36(57)14-16-39(41)48(35)66-55/h7-17,24-25,29,31,38,43,51,68H,18-23,26-28,30H2,1-6H3,(H,59,70)(H,61,71)(H,65,69)(H,62,64,66). The number of hydrogen-bond donors (Lipinski definition) is 5. The van der Waals surface area contributed by atoms with Crippen LogP contribution in [0.25, 0.3) is 21.7 Å². The highest BCUT2D eigenvalue weighted by molar-refractivity contribution is 7.13. The zero-order valence-electron chi connectivity index (χ0n) is 43.6. The number of β-amino-alcohol motifs (C(OH)–C–C–N with tert-alkyl or cyclic N) is 1. The van der Waals surface area contributed by atoms with Crippen molar-refractivity contribution in [3.63, 3.8) is 0 Å². The number of amides is 4. The second kappa shape index (κ2) is 25.2. The van der Waals surface area contributed by atoms with Gasteiger partial charge in [-0.2, -0.15) is 0 Å². The molecular formula is C56H61ClFN9O9S. The van der Waals surface area contributed by atoms with Crippen LogP contribution in [-0.2, 0) is 36.9 Å². The average molecular weight is 1090 g/mol. The number of benzene rings is 4. The molecule has 2 aliphatic heterocycles. The minimum absolute atomic E-state index is 0.0322. The molecule has 21 heteroatoms. The number of anilines is 2. The van der Waals surface area contributed by atoms with E-state index in [0.717, 1.165) is 21.7 Å². The Kier molecular flexibility index (Phi) is 18.3. The summed E-state index contributed by atoms with van der Waals surface area (Å²) in [5.74, 6) is -1.24. The molecule has 8 rings (SSSR count). The number of aliphatic hydroxyl groups excluding tert-OH is 1. The molecule has 5 N–H and O–H groups in total. The van der Waals surface area contributed by atoms with Crippen molar-refractivity contribution in [2.45, 2.75) is 71.8 Å². The molecule has 0 spiro atoms. The molecule has 2 aromatic heterocycles. The van der Waals surface area contributed by atoms with Crippen molar-refractivity contribution in [2.75, 3.05) is 59.1 Å². The lowest BCUT2D eigenvalue weighted by molar-refractivity contribution is -0.144. The molecule has 1 saturated heterocycles. The van der Waals surface area contributed by atoms with Gasteiger partial charge in [0.15, 0.2) is 0 Å². The maximum Gasteiger partial charge on any atom is 0.255 e. The van der Waals surface area contributed by atoms with Gasteiger partial charge in [0.2, 0.25) is 23.7 Å². The van der Waals surface area contributed by atoms with Crippen LogP contribution in [0, 0.1) is 18.2 Å². The number of methoxy groups -OCH3 is 2. The first-order valence-electron chi connectivity index (χ1n) is 25.0. The number of halogens is 2. The highest BCUT2D eigenvalue weighted by atomic mass is 35.5. The van der Waals surface area contributed by atoms with E-state index in [4.69, 9.17) is 40.5 Å². The molecule has 4 heterocycles. The molecule has 6 aromatic rings. The number of aliphatic imine (C=N–C) groups is 1. The summed E-state index contributed by atoms with van der Waals surface area (Å²) in [6.45, 7) is 8.61. The number of likely N-dealkylation sites (tertiary alicyclic amines) is 1. The summed E-state index contributed by atoms with van der Waals surface area (Å²) in [5, 5.41) is 22.8. The van der Waals surface area contributed by atoms with Crippen LogP contribution >= 0.6 is 22.9 Å². The Morgan fingerprint density at radius 3 is 2.40 bits per heavy atom. The van der Waals surface area contributed by atoms with Crippen molar-refractivity contribution in [1.29, 1.82) is 0 Å². The second-order valence-corrected chi connectivity index (χ2v) is 20.7. The molecule has 1 fully saturated rings. The molecule has 18 nitrogen and oxygen atoms in total. The summed E-state index contributed by atoms with van der Waals surface area (Å²) < 4.78 is 37.7. The lowest BCUT2D eigenvalue weighted by Gasteiger charge is -2.35. The molecule has 4 amide bonds. The number of nitrogens with one attached hydrogen (secondary N) is 4. The number of thiazole rings is 1. The van der Waals surface area contributed by atoms with Crippen LogP contribution < -0.4 is 30.7 Å². The Balaban J connectivity index is 0.760. The Morgan fingerprint density at radius 1 is 0.909 bits per heavy atom. The van der Waals surface area contributed by atoms with Crippen LogP contribution in [0.1, 0.15) is 71.9 Å². The molecule has 4 aromatic carbocycles. The molecule has 3 unspecified atom stereocenters. The molecule has 0 bridgehead atoms. The molecule has 77 heavy (non-hydrogen) atoms. The van der Waals surface area contributed by atoms with Crippen LogP contribution in [-0.4, -0.2) is 126 Å². The van der Waals surface area contributed by atoms with E-state index in [2.05, 4.69) is 31.2 Å². The van der Waals surface area contributed by atoms with Crippen LogP contribution in [0.5, 0.6) is 11.5 Å². The van der Waals surface area contributed by atoms with Crippen molar-refractivity contribution in [1.82, 2.24) is 35.8 Å². The Labute approximate surface area is 454 Å². The van der Waals surface area contributed by atoms with Crippen molar-refractivity contribution in [3.05, 3.63) is 135 Å². The minimum atomic E-state index is -0.973. The lowest BCUT2D eigenvalue weighted by Crippen LogP contribution is -2.57. The number of carbonyl (C=O) groups is 4. The fourth-order valence-electron chi connectivity index (χ4n) is 9.02. The normalized spacial score (nSPS) is 15.3. The summed E-state index contributed by atoms with van der Waals surface area (Å²) in [6.07, 6.45) is 0.814. The van der Waals surface area contributed by atoms with Crippen molar-refractivity contribution in [3.8, 4) is 33.2 Å². The Bertz CT molecular complexity index is 3150. The summed E-state index contributed by atoms with van der Waals surface area (Å²) in [5.41, 5.74) is 7.94. The quantitative estimate of drug-likeness (QED) is 0.0442. The zero-order chi connectivity index (χ0) is 54.8. The van der Waals surface area contributed by atoms with E-state index in [1.807, 2.05) is 58.0 Å². The number of aromatic nitrogens is 3. The van der Waals surface area contributed by atoms with Crippen molar-refractivity contribution in [2.24, 2.45) is 10.4 Å². The summed E-state index contributed by atoms with van der Waals surface area (Å²) >= 11 is 8.03. The topological polar surface area (TPSA) is 228 Å². The van der Waals surface area contributed by atoms with Gasteiger partial charge in [0.05, 0.1) is 91.9 Å². The number of nitrogens with zero attached hydrogens (tertiary/aromatic N) is 5. The van der Waals surface area contributed by atoms with Gasteiger partial charge in [-0.25, -0.2) is 19.3 Å². The van der Waals surface area contributed by atoms with Gasteiger partial charge in [0, 0.05) is 72.1 Å². The third kappa shape index (κ3) is 13.6. The van der Waals surface area contributed by atoms with Gasteiger partial charge in [-0.15, -0.1) is 11.3 Å². The highest BCUT2D eigenvalue weighted by Crippen LogP contribution is 2.37. The number of carbonyl (C=O) groups excluding carboxylic acids is 4. The molecule has 0 aliphatic carbocycles. The summed E-state index contributed by atoms with van der Waals surface area (Å²) in [6, 6.07) is 20.8. The number of aryl methyl sites for hydroxylation is 1. The molecule has 3 atom stereocenters. The van der Waals surface area contributed by atoms with Crippen LogP contribution in [0.3, 0.4) is 0 Å². The zero-order valence-corrected chi connectivity index (χ0v) is 45.1. The Morgan fingerprint density at radius 2 is 1.68 bits per heavy atom. The first-order valence-corrected chi connectivity index (χ1v) is 26.3. The minimum Gasteiger partial charge on any atom is -0.496 e. The smallest absolute Gasteiger partial charge is 0.255 e. The molecule has 0 radical (unpaired) electrons. The molecule has 404 valence electrons. The predicted molar refractivity (Wildman–Crippen MR) is 291 cm³/mol. The third-order valence-corrected chi connectivity index (χ3v) is 14.2. The predicted octanol–water partition coefficient (Wildman–Crippen LogP) is 7.44. The maximum atomic E-state index is 15.4. The van der Waals surface area contributed by atoms with E-state index < -0.39 is 41.2 Å². The van der Waals surface area contributed by atoms with E-state index in [-0.39, 0.29) is 94.3 Å². The van der Waals surface area contributed by atoms with E-state index in [9.17, 15) is 24.3 Å². The van der Waals surface area contributed by atoms with Gasteiger partial charge in [-0.3, -0.25) is 24.2 Å². The van der Waals surface area contributed by atoms with Crippen LogP contribution in [0.2, 0.25) is 5.02 Å². The Hall–Kier alpha value is -7.36. The van der Waals surface area contributed by atoms with E-state index in [0.29, 0.717) is 50.3 Å². The van der Waals surface area contributed by atoms with Crippen LogP contribution in [0.15, 0.2) is 95.6 Å². The summed E-state index contributed by atoms with van der Waals surface area (Å²) in [4.78, 5) is 74.8. The second-order valence-electron chi connectivity index (χ2n) is 19.5. The van der Waals surface area contributed by atoms with E-state index >= 15 is 4.39 Å².